The number of benzene rings is 2. The average molecular weight is 890 g/mol. The Hall–Kier alpha value is -4.92. The molecule has 3 amide bonds. The number of aromatic nitrogens is 1. The Balaban J connectivity index is 1.97. The van der Waals surface area contributed by atoms with Crippen LogP contribution in [0.3, 0.4) is 0 Å². The summed E-state index contributed by atoms with van der Waals surface area (Å²) in [5.74, 6) is -2.75. The number of likely N-dealkylation sites (N-methyl/N-ethyl adjacent to an activating group) is 1. The van der Waals surface area contributed by atoms with E-state index in [4.69, 9.17) is 19.2 Å². The third-order valence-electron chi connectivity index (χ3n) is 10.8. The van der Waals surface area contributed by atoms with Crippen LogP contribution in [0.4, 0.5) is 0 Å². The van der Waals surface area contributed by atoms with E-state index in [9.17, 15) is 24.0 Å². The molecule has 346 valence electrons. The van der Waals surface area contributed by atoms with Crippen LogP contribution in [-0.2, 0) is 52.8 Å². The summed E-state index contributed by atoms with van der Waals surface area (Å²) < 4.78 is 17.3. The lowest BCUT2D eigenvalue weighted by Gasteiger charge is -2.31. The van der Waals surface area contributed by atoms with Gasteiger partial charge in [-0.2, -0.15) is 0 Å². The number of amides is 3. The number of carbonyl (C=O) groups is 5. The van der Waals surface area contributed by atoms with E-state index in [2.05, 4.69) is 16.0 Å². The van der Waals surface area contributed by atoms with Gasteiger partial charge in [-0.3, -0.25) is 24.0 Å². The van der Waals surface area contributed by atoms with Crippen LogP contribution >= 0.6 is 11.3 Å². The lowest BCUT2D eigenvalue weighted by atomic mass is 9.96. The fourth-order valence-corrected chi connectivity index (χ4v) is 8.28. The molecule has 1 aromatic heterocycles. The van der Waals surface area contributed by atoms with Crippen LogP contribution in [0.15, 0.2) is 71.9 Å². The number of ether oxygens (including phenoxy) is 3. The maximum atomic E-state index is 14.4. The molecule has 0 unspecified atom stereocenters. The van der Waals surface area contributed by atoms with Crippen molar-refractivity contribution < 1.29 is 38.2 Å². The molecule has 3 N–H and O–H groups in total. The molecule has 3 rings (SSSR count). The van der Waals surface area contributed by atoms with E-state index >= 15 is 0 Å². The van der Waals surface area contributed by atoms with Crippen molar-refractivity contribution >= 4 is 41.0 Å². The second-order valence-corrected chi connectivity index (χ2v) is 17.9. The number of esters is 2. The minimum Gasteiger partial charge on any atom is -0.466 e. The van der Waals surface area contributed by atoms with E-state index < -0.39 is 36.0 Å². The number of allylic oxidation sites excluding steroid dienone is 1. The zero-order chi connectivity index (χ0) is 46.5. The molecule has 0 radical (unpaired) electrons. The van der Waals surface area contributed by atoms with E-state index in [-0.39, 0.29) is 54.9 Å². The van der Waals surface area contributed by atoms with Gasteiger partial charge in [-0.15, -0.1) is 11.3 Å². The number of unbranched alkanes of at least 4 members (excludes halogenated alkanes) is 1. The maximum Gasteiger partial charge on any atom is 0.308 e. The first-order chi connectivity index (χ1) is 30.1. The average Bonchev–Trinajstić information content (AvgIpc) is 3.68. The summed E-state index contributed by atoms with van der Waals surface area (Å²) in [6.07, 6.45) is 2.83. The fraction of sp³-hybridized carbons (Fsp3) is 0.551. The van der Waals surface area contributed by atoms with E-state index in [1.807, 2.05) is 102 Å². The molecule has 1 heterocycles. The minimum atomic E-state index is -0.952. The topological polar surface area (TPSA) is 165 Å². The van der Waals surface area contributed by atoms with E-state index in [1.165, 1.54) is 23.2 Å². The van der Waals surface area contributed by atoms with Crippen LogP contribution in [0, 0.1) is 17.8 Å². The summed E-state index contributed by atoms with van der Waals surface area (Å²) in [6, 6.07) is 18.3. The molecule has 13 nitrogen and oxygen atoms in total. The molecule has 0 fully saturated rings. The highest BCUT2D eigenvalue weighted by Gasteiger charge is 2.33. The number of hydrogen-bond donors (Lipinski definition) is 3. The van der Waals surface area contributed by atoms with Gasteiger partial charge >= 0.3 is 11.9 Å². The molecule has 3 aromatic rings. The Kier molecular flexibility index (Phi) is 22.7. The van der Waals surface area contributed by atoms with Crippen molar-refractivity contribution in [2.24, 2.45) is 17.8 Å². The predicted molar refractivity (Wildman–Crippen MR) is 248 cm³/mol. The molecular weight excluding hydrogens is 819 g/mol. The molecular formula is C49H71N5O8S. The standard InChI is InChI=1S/C49H71N5O8S/c1-11-61-49(59)35(7)28-39(29-37-21-14-12-15-22-37)51-46(57)44-42(25-27-60-31-38-23-16-13-17-24-38)63-47(53-44)41(62-36(8)55)30-40(32(2)3)54(10)48(58)43(33(4)5)52-45(56)34(6)20-18-19-26-50-9/h12-17,21-24,33-35,39,41,43,50H,11,18-20,25-31H2,1-10H3,(H,51,57)(H,52,56)/t34-,35+,39-,41-,43+/m1/s1. The molecule has 0 aliphatic rings. The molecule has 0 spiro atoms. The van der Waals surface area contributed by atoms with Crippen molar-refractivity contribution in [3.05, 3.63) is 98.6 Å². The van der Waals surface area contributed by atoms with Crippen molar-refractivity contribution in [2.75, 3.05) is 33.9 Å². The van der Waals surface area contributed by atoms with Crippen LogP contribution < -0.4 is 16.0 Å². The molecule has 5 atom stereocenters. The van der Waals surface area contributed by atoms with Crippen molar-refractivity contribution in [1.29, 1.82) is 0 Å². The highest BCUT2D eigenvalue weighted by Crippen LogP contribution is 2.34. The van der Waals surface area contributed by atoms with Crippen LogP contribution in [0.1, 0.15) is 125 Å². The van der Waals surface area contributed by atoms with Gasteiger partial charge in [0.05, 0.1) is 25.7 Å². The number of nitrogens with zero attached hydrogens (tertiary/aromatic N) is 2. The monoisotopic (exact) mass is 890 g/mol. The molecule has 0 aliphatic heterocycles. The lowest BCUT2D eigenvalue weighted by molar-refractivity contribution is -0.148. The molecule has 14 heteroatoms. The van der Waals surface area contributed by atoms with Gasteiger partial charge in [-0.1, -0.05) is 100 Å². The maximum absolute atomic E-state index is 14.4. The van der Waals surface area contributed by atoms with E-state index in [0.29, 0.717) is 47.9 Å². The van der Waals surface area contributed by atoms with Gasteiger partial charge in [-0.05, 0) is 77.1 Å². The van der Waals surface area contributed by atoms with Crippen LogP contribution in [0.25, 0.3) is 0 Å². The van der Waals surface area contributed by atoms with Crippen LogP contribution in [-0.4, -0.2) is 85.5 Å². The zero-order valence-electron chi connectivity index (χ0n) is 39.1. The third kappa shape index (κ3) is 17.6. The molecule has 0 saturated carbocycles. The Bertz CT molecular complexity index is 1930. The van der Waals surface area contributed by atoms with E-state index in [1.54, 1.807) is 20.9 Å². The SMILES string of the molecule is CCOC(=O)[C@@H](C)C[C@H](Cc1ccccc1)NC(=O)c1nc([C@@H](CC(=C(C)C)N(C)C(=O)[C@@H](NC(=O)[C@H](C)CCCCNC)C(C)C)OC(C)=O)sc1CCOCc1ccccc1. The number of rotatable bonds is 27. The van der Waals surface area contributed by atoms with Gasteiger partial charge in [0.2, 0.25) is 11.8 Å². The first kappa shape index (κ1) is 52.4. The normalized spacial score (nSPS) is 13.6. The van der Waals surface area contributed by atoms with Gasteiger partial charge in [0.15, 0.2) is 6.10 Å². The molecule has 0 aliphatic carbocycles. The fourth-order valence-electron chi connectivity index (χ4n) is 7.20. The summed E-state index contributed by atoms with van der Waals surface area (Å²) in [5, 5.41) is 9.69. The summed E-state index contributed by atoms with van der Waals surface area (Å²) in [7, 11) is 3.57. The minimum absolute atomic E-state index is 0.0803. The lowest BCUT2D eigenvalue weighted by Crippen LogP contribution is -2.51. The predicted octanol–water partition coefficient (Wildman–Crippen LogP) is 7.75. The van der Waals surface area contributed by atoms with Gasteiger partial charge in [0.25, 0.3) is 5.91 Å². The van der Waals surface area contributed by atoms with Gasteiger partial charge < -0.3 is 35.1 Å². The van der Waals surface area contributed by atoms with Crippen molar-refractivity contribution in [2.45, 2.75) is 125 Å². The highest BCUT2D eigenvalue weighted by molar-refractivity contribution is 7.12. The quantitative estimate of drug-likeness (QED) is 0.0509. The molecule has 0 bridgehead atoms. The second kappa shape index (κ2) is 27.3. The molecule has 0 saturated heterocycles. The largest absolute Gasteiger partial charge is 0.466 e. The smallest absolute Gasteiger partial charge is 0.308 e. The Morgan fingerprint density at radius 3 is 2.10 bits per heavy atom. The number of nitrogens with one attached hydrogen (secondary N) is 3. The van der Waals surface area contributed by atoms with Crippen molar-refractivity contribution in [1.82, 2.24) is 25.8 Å². The Morgan fingerprint density at radius 2 is 1.51 bits per heavy atom. The van der Waals surface area contributed by atoms with Gasteiger partial charge in [0.1, 0.15) is 16.7 Å². The Labute approximate surface area is 379 Å². The van der Waals surface area contributed by atoms with E-state index in [0.717, 1.165) is 36.1 Å². The Morgan fingerprint density at radius 1 is 0.857 bits per heavy atom. The van der Waals surface area contributed by atoms with Crippen LogP contribution in [0.2, 0.25) is 0 Å². The van der Waals surface area contributed by atoms with Crippen molar-refractivity contribution in [3.63, 3.8) is 0 Å². The summed E-state index contributed by atoms with van der Waals surface area (Å²) in [5.41, 5.74) is 3.57. The number of hydrogen-bond acceptors (Lipinski definition) is 11. The van der Waals surface area contributed by atoms with Gasteiger partial charge in [-0.25, -0.2) is 4.98 Å². The third-order valence-corrected chi connectivity index (χ3v) is 12.0. The second-order valence-electron chi connectivity index (χ2n) is 16.7. The first-order valence-corrected chi connectivity index (χ1v) is 23.1. The first-order valence-electron chi connectivity index (χ1n) is 22.2. The zero-order valence-corrected chi connectivity index (χ0v) is 39.9. The van der Waals surface area contributed by atoms with Gasteiger partial charge in [0, 0.05) is 49.3 Å². The summed E-state index contributed by atoms with van der Waals surface area (Å²) >= 11 is 1.26. The highest BCUT2D eigenvalue weighted by atomic mass is 32.1. The summed E-state index contributed by atoms with van der Waals surface area (Å²) in [4.78, 5) is 74.5. The molecule has 63 heavy (non-hydrogen) atoms. The van der Waals surface area contributed by atoms with Crippen LogP contribution in [0.5, 0.6) is 0 Å². The van der Waals surface area contributed by atoms with Crippen molar-refractivity contribution in [3.8, 4) is 0 Å². The molecule has 2 aromatic carbocycles. The number of thiazole rings is 1. The number of carbonyl (C=O) groups excluding carboxylic acids is 5. The summed E-state index contributed by atoms with van der Waals surface area (Å²) in [6.45, 7) is 16.1.